The third-order valence-corrected chi connectivity index (χ3v) is 5.00. The van der Waals surface area contributed by atoms with E-state index in [4.69, 9.17) is 5.73 Å². The van der Waals surface area contributed by atoms with Gasteiger partial charge in [0.2, 0.25) is 10.0 Å². The topological polar surface area (TPSA) is 72.2 Å². The zero-order valence-corrected chi connectivity index (χ0v) is 12.6. The number of anilines is 1. The number of halogens is 2. The van der Waals surface area contributed by atoms with Gasteiger partial charge in [0.15, 0.2) is 4.90 Å². The molecular weight excluding hydrogens is 286 g/mol. The number of sulfonamides is 1. The second-order valence-electron chi connectivity index (χ2n) is 4.80. The first kappa shape index (κ1) is 16.8. The van der Waals surface area contributed by atoms with Gasteiger partial charge in [-0.2, -0.15) is 0 Å². The minimum atomic E-state index is -4.26. The lowest BCUT2D eigenvalue weighted by atomic mass is 9.96. The fraction of sp³-hybridized carbons (Fsp3) is 0.538. The Morgan fingerprint density at radius 2 is 1.65 bits per heavy atom. The molecule has 0 saturated carbocycles. The SMILES string of the molecule is CCC(CC)C(C)NS(=O)(=O)c1c(F)cc(N)cc1F. The van der Waals surface area contributed by atoms with E-state index in [2.05, 4.69) is 4.72 Å². The highest BCUT2D eigenvalue weighted by molar-refractivity contribution is 7.89. The Morgan fingerprint density at radius 3 is 2.05 bits per heavy atom. The zero-order valence-electron chi connectivity index (χ0n) is 11.8. The number of nitrogen functional groups attached to an aromatic ring is 1. The molecule has 0 fully saturated rings. The molecule has 7 heteroatoms. The van der Waals surface area contributed by atoms with Crippen LogP contribution in [0.2, 0.25) is 0 Å². The number of nitrogens with one attached hydrogen (secondary N) is 1. The van der Waals surface area contributed by atoms with E-state index in [-0.39, 0.29) is 11.6 Å². The lowest BCUT2D eigenvalue weighted by Gasteiger charge is -2.22. The second-order valence-corrected chi connectivity index (χ2v) is 6.45. The summed E-state index contributed by atoms with van der Waals surface area (Å²) in [4.78, 5) is -0.982. The van der Waals surface area contributed by atoms with E-state index in [9.17, 15) is 17.2 Å². The van der Waals surface area contributed by atoms with Crippen molar-refractivity contribution in [3.05, 3.63) is 23.8 Å². The second kappa shape index (κ2) is 6.49. The highest BCUT2D eigenvalue weighted by Crippen LogP contribution is 2.23. The minimum Gasteiger partial charge on any atom is -0.399 e. The molecule has 0 aliphatic carbocycles. The highest BCUT2D eigenvalue weighted by Gasteiger charge is 2.28. The minimum absolute atomic E-state index is 0.102. The average molecular weight is 306 g/mol. The summed E-state index contributed by atoms with van der Waals surface area (Å²) >= 11 is 0. The highest BCUT2D eigenvalue weighted by atomic mass is 32.2. The van der Waals surface area contributed by atoms with E-state index in [1.165, 1.54) is 0 Å². The fourth-order valence-electron chi connectivity index (χ4n) is 2.23. The van der Waals surface area contributed by atoms with Crippen LogP contribution in [0, 0.1) is 17.6 Å². The summed E-state index contributed by atoms with van der Waals surface area (Å²) in [5.74, 6) is -2.27. The Bertz CT molecular complexity index is 549. The van der Waals surface area contributed by atoms with Crippen molar-refractivity contribution in [1.82, 2.24) is 4.72 Å². The summed E-state index contributed by atoms with van der Waals surface area (Å²) in [6.45, 7) is 5.55. The van der Waals surface area contributed by atoms with Crippen LogP contribution in [-0.4, -0.2) is 14.5 Å². The Morgan fingerprint density at radius 1 is 1.20 bits per heavy atom. The van der Waals surface area contributed by atoms with Gasteiger partial charge in [-0.25, -0.2) is 21.9 Å². The van der Waals surface area contributed by atoms with Gasteiger partial charge < -0.3 is 5.73 Å². The van der Waals surface area contributed by atoms with Gasteiger partial charge in [0.05, 0.1) is 0 Å². The first-order chi connectivity index (χ1) is 9.22. The molecule has 0 radical (unpaired) electrons. The van der Waals surface area contributed by atoms with Crippen LogP contribution in [0.25, 0.3) is 0 Å². The monoisotopic (exact) mass is 306 g/mol. The van der Waals surface area contributed by atoms with Crippen molar-refractivity contribution in [3.63, 3.8) is 0 Å². The number of rotatable bonds is 6. The maximum Gasteiger partial charge on any atom is 0.246 e. The Balaban J connectivity index is 3.12. The molecule has 0 amide bonds. The summed E-state index contributed by atoms with van der Waals surface area (Å²) in [5, 5.41) is 0. The van der Waals surface area contributed by atoms with Crippen LogP contribution in [0.4, 0.5) is 14.5 Å². The maximum atomic E-state index is 13.7. The standard InChI is InChI=1S/C13H20F2N2O2S/c1-4-9(5-2)8(3)17-20(18,19)13-11(14)6-10(16)7-12(13)15/h6-9,17H,4-5,16H2,1-3H3. The predicted octanol–water partition coefficient (Wildman–Crippen LogP) is 2.65. The molecule has 1 aromatic carbocycles. The summed E-state index contributed by atoms with van der Waals surface area (Å²) in [6.07, 6.45) is 1.54. The molecule has 1 aromatic rings. The Hall–Kier alpha value is -1.21. The molecule has 1 unspecified atom stereocenters. The van der Waals surface area contributed by atoms with Crippen LogP contribution in [-0.2, 0) is 10.0 Å². The van der Waals surface area contributed by atoms with E-state index in [0.29, 0.717) is 0 Å². The molecule has 1 rings (SSSR count). The van der Waals surface area contributed by atoms with E-state index in [1.54, 1.807) is 6.92 Å². The molecule has 4 nitrogen and oxygen atoms in total. The predicted molar refractivity (Wildman–Crippen MR) is 74.6 cm³/mol. The molecule has 0 spiro atoms. The molecule has 0 saturated heterocycles. The number of hydrogen-bond donors (Lipinski definition) is 2. The van der Waals surface area contributed by atoms with Crippen molar-refractivity contribution in [2.45, 2.75) is 44.6 Å². The van der Waals surface area contributed by atoms with Gasteiger partial charge in [-0.05, 0) is 25.0 Å². The summed E-state index contributed by atoms with van der Waals surface area (Å²) in [6, 6.07) is 1.17. The quantitative estimate of drug-likeness (QED) is 0.794. The normalized spacial score (nSPS) is 13.7. The van der Waals surface area contributed by atoms with Crippen LogP contribution in [0.15, 0.2) is 17.0 Å². The molecule has 3 N–H and O–H groups in total. The van der Waals surface area contributed by atoms with Crippen molar-refractivity contribution in [2.75, 3.05) is 5.73 Å². The summed E-state index contributed by atoms with van der Waals surface area (Å²) < 4.78 is 53.9. The third kappa shape index (κ3) is 3.67. The van der Waals surface area contributed by atoms with Gasteiger partial charge in [0.25, 0.3) is 0 Å². The van der Waals surface area contributed by atoms with Crippen molar-refractivity contribution in [1.29, 1.82) is 0 Å². The van der Waals surface area contributed by atoms with Gasteiger partial charge in [0.1, 0.15) is 11.6 Å². The van der Waals surface area contributed by atoms with Crippen molar-refractivity contribution in [3.8, 4) is 0 Å². The lowest BCUT2D eigenvalue weighted by Crippen LogP contribution is -2.38. The van der Waals surface area contributed by atoms with Crippen molar-refractivity contribution >= 4 is 15.7 Å². The van der Waals surface area contributed by atoms with Crippen molar-refractivity contribution in [2.24, 2.45) is 5.92 Å². The van der Waals surface area contributed by atoms with Gasteiger partial charge in [-0.3, -0.25) is 0 Å². The van der Waals surface area contributed by atoms with Crippen molar-refractivity contribution < 1.29 is 17.2 Å². The zero-order chi connectivity index (χ0) is 15.5. The van der Waals surface area contributed by atoms with Crippen LogP contribution in [0.3, 0.4) is 0 Å². The van der Waals surface area contributed by atoms with Gasteiger partial charge in [0, 0.05) is 11.7 Å². The van der Waals surface area contributed by atoms with Crippen LogP contribution in [0.1, 0.15) is 33.6 Å². The Kier molecular flexibility index (Phi) is 5.47. The number of benzene rings is 1. The maximum absolute atomic E-state index is 13.7. The number of nitrogens with two attached hydrogens (primary N) is 1. The van der Waals surface area contributed by atoms with E-state index in [0.717, 1.165) is 25.0 Å². The summed E-state index contributed by atoms with van der Waals surface area (Å²) in [7, 11) is -4.26. The molecule has 20 heavy (non-hydrogen) atoms. The molecule has 0 aliphatic rings. The first-order valence-electron chi connectivity index (χ1n) is 6.49. The third-order valence-electron chi connectivity index (χ3n) is 3.39. The van der Waals surface area contributed by atoms with Gasteiger partial charge in [-0.15, -0.1) is 0 Å². The van der Waals surface area contributed by atoms with Gasteiger partial charge in [-0.1, -0.05) is 26.7 Å². The van der Waals surface area contributed by atoms with Crippen LogP contribution >= 0.6 is 0 Å². The molecule has 0 bridgehead atoms. The smallest absolute Gasteiger partial charge is 0.246 e. The van der Waals surface area contributed by atoms with Crippen LogP contribution in [0.5, 0.6) is 0 Å². The molecule has 0 aliphatic heterocycles. The molecular formula is C13H20F2N2O2S. The van der Waals surface area contributed by atoms with E-state index < -0.39 is 32.6 Å². The van der Waals surface area contributed by atoms with E-state index in [1.807, 2.05) is 13.8 Å². The van der Waals surface area contributed by atoms with E-state index >= 15 is 0 Å². The largest absolute Gasteiger partial charge is 0.399 e. The number of hydrogen-bond acceptors (Lipinski definition) is 3. The Labute approximate surface area is 118 Å². The van der Waals surface area contributed by atoms with Gasteiger partial charge >= 0.3 is 0 Å². The van der Waals surface area contributed by atoms with Crippen LogP contribution < -0.4 is 10.5 Å². The first-order valence-corrected chi connectivity index (χ1v) is 7.98. The fourth-order valence-corrected chi connectivity index (χ4v) is 3.66. The molecule has 0 aromatic heterocycles. The molecule has 1 atom stereocenters. The summed E-state index contributed by atoms with van der Waals surface area (Å²) in [5.41, 5.74) is 5.11. The lowest BCUT2D eigenvalue weighted by molar-refractivity contribution is 0.389. The average Bonchev–Trinajstić information content (AvgIpc) is 2.27. The molecule has 0 heterocycles. The molecule has 114 valence electrons.